The average Bonchev–Trinajstić information content (AvgIpc) is 2.23. The third kappa shape index (κ3) is 2.27. The van der Waals surface area contributed by atoms with E-state index in [0.717, 1.165) is 12.8 Å². The maximum absolute atomic E-state index is 11.6. The molecule has 0 saturated carbocycles. The summed E-state index contributed by atoms with van der Waals surface area (Å²) in [4.78, 5) is 11.6. The summed E-state index contributed by atoms with van der Waals surface area (Å²) >= 11 is 0. The van der Waals surface area contributed by atoms with Crippen molar-refractivity contribution in [2.24, 2.45) is 10.8 Å². The standard InChI is InChI=1S/C13H19NO2/c1-4-16-11(15)9-12(2)7-5-6-8-13(12,3)10-14/h5,7H,4,6,8-9H2,1-3H3/t12-,13-/m0/s1. The number of ether oxygens (including phenoxy) is 1. The Bertz CT molecular complexity index is 342. The molecule has 0 N–H and O–H groups in total. The molecule has 3 heteroatoms. The van der Waals surface area contributed by atoms with Gasteiger partial charge in [-0.3, -0.25) is 4.79 Å². The molecule has 0 heterocycles. The van der Waals surface area contributed by atoms with Crippen molar-refractivity contribution < 1.29 is 9.53 Å². The first-order chi connectivity index (χ1) is 7.47. The maximum Gasteiger partial charge on any atom is 0.306 e. The van der Waals surface area contributed by atoms with Crippen molar-refractivity contribution in [2.75, 3.05) is 6.61 Å². The number of nitrogens with zero attached hydrogens (tertiary/aromatic N) is 1. The molecule has 0 aliphatic heterocycles. The van der Waals surface area contributed by atoms with Crippen LogP contribution in [0.15, 0.2) is 12.2 Å². The molecule has 0 unspecified atom stereocenters. The molecule has 0 spiro atoms. The monoisotopic (exact) mass is 221 g/mol. The lowest BCUT2D eigenvalue weighted by Crippen LogP contribution is -2.39. The fourth-order valence-electron chi connectivity index (χ4n) is 2.13. The summed E-state index contributed by atoms with van der Waals surface area (Å²) in [5.41, 5.74) is -0.888. The molecule has 0 fully saturated rings. The summed E-state index contributed by atoms with van der Waals surface area (Å²) in [7, 11) is 0. The maximum atomic E-state index is 11.6. The Kier molecular flexibility index (Phi) is 3.74. The number of rotatable bonds is 3. The van der Waals surface area contributed by atoms with Gasteiger partial charge in [-0.1, -0.05) is 19.1 Å². The molecular formula is C13H19NO2. The van der Waals surface area contributed by atoms with E-state index in [1.807, 2.05) is 19.9 Å². The van der Waals surface area contributed by atoms with Crippen LogP contribution in [-0.2, 0) is 9.53 Å². The first-order valence-corrected chi connectivity index (χ1v) is 5.72. The molecule has 0 aromatic rings. The van der Waals surface area contributed by atoms with Gasteiger partial charge in [0.25, 0.3) is 0 Å². The van der Waals surface area contributed by atoms with Crippen LogP contribution in [0, 0.1) is 22.2 Å². The van der Waals surface area contributed by atoms with E-state index in [1.165, 1.54) is 0 Å². The fourth-order valence-corrected chi connectivity index (χ4v) is 2.13. The van der Waals surface area contributed by atoms with E-state index in [0.29, 0.717) is 6.61 Å². The van der Waals surface area contributed by atoms with E-state index in [2.05, 4.69) is 12.1 Å². The van der Waals surface area contributed by atoms with Gasteiger partial charge in [0.05, 0.1) is 24.5 Å². The van der Waals surface area contributed by atoms with E-state index in [4.69, 9.17) is 4.74 Å². The Morgan fingerprint density at radius 1 is 1.56 bits per heavy atom. The lowest BCUT2D eigenvalue weighted by Gasteiger charge is -2.41. The second-order valence-electron chi connectivity index (χ2n) is 4.78. The van der Waals surface area contributed by atoms with Crippen molar-refractivity contribution in [3.8, 4) is 6.07 Å². The molecule has 0 aromatic heterocycles. The molecular weight excluding hydrogens is 202 g/mol. The number of esters is 1. The average molecular weight is 221 g/mol. The van der Waals surface area contributed by atoms with Gasteiger partial charge >= 0.3 is 5.97 Å². The molecule has 1 aliphatic carbocycles. The van der Waals surface area contributed by atoms with Gasteiger partial charge < -0.3 is 4.74 Å². The molecule has 1 aliphatic rings. The summed E-state index contributed by atoms with van der Waals surface area (Å²) < 4.78 is 4.97. The Hall–Kier alpha value is -1.30. The van der Waals surface area contributed by atoms with Crippen molar-refractivity contribution in [1.82, 2.24) is 0 Å². The van der Waals surface area contributed by atoms with Gasteiger partial charge in [0.2, 0.25) is 0 Å². The zero-order valence-electron chi connectivity index (χ0n) is 10.2. The number of nitriles is 1. The zero-order chi connectivity index (χ0) is 12.2. The van der Waals surface area contributed by atoms with Crippen LogP contribution in [0.5, 0.6) is 0 Å². The van der Waals surface area contributed by atoms with E-state index >= 15 is 0 Å². The molecule has 0 amide bonds. The number of carbonyl (C=O) groups is 1. The predicted molar refractivity (Wildman–Crippen MR) is 61.5 cm³/mol. The highest BCUT2D eigenvalue weighted by Gasteiger charge is 2.45. The Morgan fingerprint density at radius 2 is 2.25 bits per heavy atom. The van der Waals surface area contributed by atoms with Gasteiger partial charge in [0.15, 0.2) is 0 Å². The van der Waals surface area contributed by atoms with Gasteiger partial charge in [-0.15, -0.1) is 0 Å². The topological polar surface area (TPSA) is 50.1 Å². The number of carbonyl (C=O) groups excluding carboxylic acids is 1. The van der Waals surface area contributed by atoms with E-state index in [-0.39, 0.29) is 12.4 Å². The van der Waals surface area contributed by atoms with E-state index in [1.54, 1.807) is 6.92 Å². The minimum absolute atomic E-state index is 0.224. The predicted octanol–water partition coefficient (Wildman–Crippen LogP) is 2.83. The first kappa shape index (κ1) is 12.8. The smallest absolute Gasteiger partial charge is 0.306 e. The van der Waals surface area contributed by atoms with Crippen LogP contribution in [0.2, 0.25) is 0 Å². The van der Waals surface area contributed by atoms with Gasteiger partial charge in [-0.05, 0) is 26.7 Å². The van der Waals surface area contributed by atoms with E-state index in [9.17, 15) is 10.1 Å². The van der Waals surface area contributed by atoms with Crippen LogP contribution >= 0.6 is 0 Å². The molecule has 0 radical (unpaired) electrons. The van der Waals surface area contributed by atoms with Crippen molar-refractivity contribution in [3.63, 3.8) is 0 Å². The van der Waals surface area contributed by atoms with Gasteiger partial charge in [0.1, 0.15) is 0 Å². The van der Waals surface area contributed by atoms with Crippen LogP contribution in [-0.4, -0.2) is 12.6 Å². The summed E-state index contributed by atoms with van der Waals surface area (Å²) in [5, 5.41) is 9.29. The minimum atomic E-state index is -0.478. The lowest BCUT2D eigenvalue weighted by molar-refractivity contribution is -0.146. The highest BCUT2D eigenvalue weighted by molar-refractivity contribution is 5.71. The lowest BCUT2D eigenvalue weighted by atomic mass is 9.60. The van der Waals surface area contributed by atoms with Gasteiger partial charge in [0, 0.05) is 5.41 Å². The largest absolute Gasteiger partial charge is 0.466 e. The van der Waals surface area contributed by atoms with Crippen molar-refractivity contribution in [1.29, 1.82) is 5.26 Å². The van der Waals surface area contributed by atoms with Gasteiger partial charge in [-0.2, -0.15) is 5.26 Å². The van der Waals surface area contributed by atoms with Crippen LogP contribution in [0.4, 0.5) is 0 Å². The number of hydrogen-bond acceptors (Lipinski definition) is 3. The molecule has 1 rings (SSSR count). The third-order valence-corrected chi connectivity index (χ3v) is 3.62. The number of hydrogen-bond donors (Lipinski definition) is 0. The van der Waals surface area contributed by atoms with Crippen LogP contribution in [0.3, 0.4) is 0 Å². The molecule has 0 bridgehead atoms. The van der Waals surface area contributed by atoms with Crippen LogP contribution in [0.25, 0.3) is 0 Å². The third-order valence-electron chi connectivity index (χ3n) is 3.62. The summed E-state index contributed by atoms with van der Waals surface area (Å²) in [5.74, 6) is -0.224. The fraction of sp³-hybridized carbons (Fsp3) is 0.692. The SMILES string of the molecule is CCOC(=O)C[C@]1(C)C=CCC[C@@]1(C)C#N. The summed E-state index contributed by atoms with van der Waals surface area (Å²) in [6, 6.07) is 2.36. The highest BCUT2D eigenvalue weighted by Crippen LogP contribution is 2.48. The second kappa shape index (κ2) is 4.69. The second-order valence-corrected chi connectivity index (χ2v) is 4.78. The molecule has 3 nitrogen and oxygen atoms in total. The quantitative estimate of drug-likeness (QED) is 0.544. The van der Waals surface area contributed by atoms with Gasteiger partial charge in [-0.25, -0.2) is 0 Å². The summed E-state index contributed by atoms with van der Waals surface area (Å²) in [6.07, 6.45) is 6.04. The zero-order valence-corrected chi connectivity index (χ0v) is 10.2. The minimum Gasteiger partial charge on any atom is -0.466 e. The van der Waals surface area contributed by atoms with Crippen molar-refractivity contribution in [2.45, 2.75) is 40.0 Å². The molecule has 2 atom stereocenters. The number of allylic oxidation sites excluding steroid dienone is 2. The van der Waals surface area contributed by atoms with Crippen molar-refractivity contribution in [3.05, 3.63) is 12.2 Å². The van der Waals surface area contributed by atoms with Crippen molar-refractivity contribution >= 4 is 5.97 Å². The highest BCUT2D eigenvalue weighted by atomic mass is 16.5. The van der Waals surface area contributed by atoms with Crippen LogP contribution in [0.1, 0.15) is 40.0 Å². The Balaban J connectivity index is 2.88. The molecule has 0 saturated heterocycles. The molecule has 0 aromatic carbocycles. The van der Waals surface area contributed by atoms with Crippen LogP contribution < -0.4 is 0 Å². The normalized spacial score (nSPS) is 33.1. The Morgan fingerprint density at radius 3 is 2.81 bits per heavy atom. The molecule has 88 valence electrons. The summed E-state index contributed by atoms with van der Waals surface area (Å²) in [6.45, 7) is 6.07. The first-order valence-electron chi connectivity index (χ1n) is 5.72. The Labute approximate surface area is 97.1 Å². The van der Waals surface area contributed by atoms with E-state index < -0.39 is 10.8 Å². The molecule has 16 heavy (non-hydrogen) atoms.